The van der Waals surface area contributed by atoms with Crippen LogP contribution in [0.4, 0.5) is 5.69 Å². The lowest BCUT2D eigenvalue weighted by molar-refractivity contribution is 0.103. The van der Waals surface area contributed by atoms with Gasteiger partial charge in [0, 0.05) is 16.1 Å². The van der Waals surface area contributed by atoms with E-state index in [2.05, 4.69) is 15.3 Å². The van der Waals surface area contributed by atoms with E-state index < -0.39 is 11.2 Å². The Morgan fingerprint density at radius 3 is 2.53 bits per heavy atom. The highest BCUT2D eigenvalue weighted by atomic mass is 35.5. The second-order valence-corrected chi connectivity index (χ2v) is 9.55. The van der Waals surface area contributed by atoms with Crippen molar-refractivity contribution in [3.05, 3.63) is 89.8 Å². The molecule has 3 aromatic heterocycles. The average molecular weight is 492 g/mol. The molecule has 0 fully saturated rings. The predicted octanol–water partition coefficient (Wildman–Crippen LogP) is 5.59. The van der Waals surface area contributed by atoms with Crippen LogP contribution in [0.1, 0.15) is 26.4 Å². The Balaban J connectivity index is 1.60. The van der Waals surface area contributed by atoms with Gasteiger partial charge in [0.15, 0.2) is 0 Å². The number of aromatic nitrogens is 2. The van der Waals surface area contributed by atoms with Crippen molar-refractivity contribution in [3.8, 4) is 11.4 Å². The van der Waals surface area contributed by atoms with Crippen LogP contribution in [0, 0.1) is 20.8 Å². The second kappa shape index (κ2) is 8.23. The summed E-state index contributed by atoms with van der Waals surface area (Å²) in [6.07, 6.45) is 0. The Bertz CT molecular complexity index is 1730. The zero-order valence-corrected chi connectivity index (χ0v) is 20.0. The van der Waals surface area contributed by atoms with Crippen LogP contribution >= 0.6 is 22.9 Å². The zero-order chi connectivity index (χ0) is 24.1. The lowest BCUT2D eigenvalue weighted by atomic mass is 10.1. The molecule has 3 heterocycles. The molecule has 0 aliphatic heterocycles. The van der Waals surface area contributed by atoms with Crippen molar-refractivity contribution in [1.29, 1.82) is 0 Å². The highest BCUT2D eigenvalue weighted by Gasteiger charge is 2.21. The fourth-order valence-electron chi connectivity index (χ4n) is 3.98. The smallest absolute Gasteiger partial charge is 0.347 e. The molecule has 0 unspecified atom stereocenters. The van der Waals surface area contributed by atoms with E-state index in [4.69, 9.17) is 16.0 Å². The monoisotopic (exact) mass is 491 g/mol. The average Bonchev–Trinajstić information content (AvgIpc) is 3.09. The van der Waals surface area contributed by atoms with E-state index in [1.54, 1.807) is 31.2 Å². The number of fused-ring (bicyclic) bond motifs is 2. The Labute approximate surface area is 202 Å². The molecule has 2 aromatic carbocycles. The van der Waals surface area contributed by atoms with E-state index in [9.17, 15) is 14.4 Å². The molecule has 170 valence electrons. The molecule has 0 aliphatic carbocycles. The molecule has 9 heteroatoms. The van der Waals surface area contributed by atoms with E-state index in [0.29, 0.717) is 42.3 Å². The number of nitrogens with one attached hydrogen (secondary N) is 2. The molecule has 0 saturated carbocycles. The number of rotatable bonds is 3. The third-order valence-corrected chi connectivity index (χ3v) is 6.86. The van der Waals surface area contributed by atoms with Crippen molar-refractivity contribution in [2.24, 2.45) is 0 Å². The molecule has 2 N–H and O–H groups in total. The molecule has 7 nitrogen and oxygen atoms in total. The molecule has 0 bridgehead atoms. The highest BCUT2D eigenvalue weighted by molar-refractivity contribution is 7.20. The molecule has 0 saturated heterocycles. The number of carbonyl (C=O) groups excluding carboxylic acids is 1. The summed E-state index contributed by atoms with van der Waals surface area (Å²) in [5, 5.41) is 4.29. The zero-order valence-electron chi connectivity index (χ0n) is 18.4. The first-order chi connectivity index (χ1) is 16.2. The van der Waals surface area contributed by atoms with E-state index >= 15 is 0 Å². The van der Waals surface area contributed by atoms with Gasteiger partial charge in [-0.25, -0.2) is 9.78 Å². The van der Waals surface area contributed by atoms with Crippen molar-refractivity contribution >= 4 is 55.7 Å². The van der Waals surface area contributed by atoms with E-state index in [1.807, 2.05) is 32.0 Å². The molecule has 0 spiro atoms. The van der Waals surface area contributed by atoms with Crippen molar-refractivity contribution in [3.63, 3.8) is 0 Å². The molecule has 1 amide bonds. The summed E-state index contributed by atoms with van der Waals surface area (Å²) in [5.74, 6) is -0.262. The number of thiophene rings is 1. The maximum absolute atomic E-state index is 13.0. The number of halogens is 1. The van der Waals surface area contributed by atoms with Gasteiger partial charge >= 0.3 is 5.63 Å². The molecule has 0 radical (unpaired) electrons. The van der Waals surface area contributed by atoms with Gasteiger partial charge in [-0.2, -0.15) is 0 Å². The van der Waals surface area contributed by atoms with Gasteiger partial charge in [-0.15, -0.1) is 11.3 Å². The van der Waals surface area contributed by atoms with Crippen LogP contribution in [-0.4, -0.2) is 15.9 Å². The normalized spacial score (nSPS) is 11.3. The van der Waals surface area contributed by atoms with Crippen LogP contribution in [0.15, 0.2) is 56.5 Å². The van der Waals surface area contributed by atoms with Gasteiger partial charge in [-0.1, -0.05) is 17.7 Å². The number of hydrogen-bond acceptors (Lipinski definition) is 6. The minimum atomic E-state index is -0.640. The van der Waals surface area contributed by atoms with Gasteiger partial charge in [-0.05, 0) is 73.9 Å². The highest BCUT2D eigenvalue weighted by Crippen LogP contribution is 2.30. The Morgan fingerprint density at radius 2 is 1.79 bits per heavy atom. The van der Waals surface area contributed by atoms with Crippen molar-refractivity contribution < 1.29 is 9.21 Å². The topological polar surface area (TPSA) is 105 Å². The molecule has 5 aromatic rings. The summed E-state index contributed by atoms with van der Waals surface area (Å²) in [5.41, 5.74) is 2.65. The third kappa shape index (κ3) is 3.91. The van der Waals surface area contributed by atoms with Crippen LogP contribution < -0.4 is 16.5 Å². The number of hydrogen-bond donors (Lipinski definition) is 2. The first-order valence-corrected chi connectivity index (χ1v) is 11.6. The first-order valence-electron chi connectivity index (χ1n) is 10.4. The van der Waals surface area contributed by atoms with E-state index in [0.717, 1.165) is 22.5 Å². The number of H-pyrrole nitrogens is 1. The second-order valence-electron chi connectivity index (χ2n) is 8.11. The van der Waals surface area contributed by atoms with Crippen molar-refractivity contribution in [2.75, 3.05) is 5.32 Å². The maximum Gasteiger partial charge on any atom is 0.347 e. The van der Waals surface area contributed by atoms with Crippen LogP contribution in [0.3, 0.4) is 0 Å². The van der Waals surface area contributed by atoms with Gasteiger partial charge in [0.05, 0.1) is 10.3 Å². The number of nitrogens with zero attached hydrogens (tertiary/aromatic N) is 1. The van der Waals surface area contributed by atoms with Crippen LogP contribution in [0.2, 0.25) is 5.02 Å². The minimum absolute atomic E-state index is 0.0654. The van der Waals surface area contributed by atoms with Crippen molar-refractivity contribution in [1.82, 2.24) is 9.97 Å². The van der Waals surface area contributed by atoms with Crippen LogP contribution in [0.5, 0.6) is 0 Å². The van der Waals surface area contributed by atoms with Gasteiger partial charge in [0.25, 0.3) is 11.5 Å². The Hall–Kier alpha value is -3.75. The molecule has 0 atom stereocenters. The molecule has 5 rings (SSSR count). The molecule has 0 aliphatic rings. The quantitative estimate of drug-likeness (QED) is 0.320. The number of aryl methyl sites for hydroxylation is 3. The summed E-state index contributed by atoms with van der Waals surface area (Å²) in [7, 11) is 0. The summed E-state index contributed by atoms with van der Waals surface area (Å²) < 4.78 is 5.37. The van der Waals surface area contributed by atoms with Crippen LogP contribution in [0.25, 0.3) is 32.6 Å². The van der Waals surface area contributed by atoms with Gasteiger partial charge < -0.3 is 14.7 Å². The lowest BCUT2D eigenvalue weighted by Crippen LogP contribution is -2.14. The Morgan fingerprint density at radius 1 is 1.06 bits per heavy atom. The SMILES string of the molecule is Cc1cc(C)cc(NC(=O)c2sc3nc(-c4cc5cc(Cl)ccc5oc4=O)[nH]c(=O)c3c2C)c1. The number of benzene rings is 2. The standard InChI is InChI=1S/C25H18ClN3O4S/c1-11-6-12(2)8-16(7-11)27-23(31)20-13(3)19-22(30)28-21(29-24(19)34-20)17-10-14-9-15(26)4-5-18(14)33-25(17)32/h4-10H,1-3H3,(H,27,31)(H,28,29,30). The first kappa shape index (κ1) is 22.1. The molecular weight excluding hydrogens is 474 g/mol. The fraction of sp³-hybridized carbons (Fsp3) is 0.120. The van der Waals surface area contributed by atoms with Gasteiger partial charge in [0.2, 0.25) is 0 Å². The van der Waals surface area contributed by atoms with Gasteiger partial charge in [-0.3, -0.25) is 9.59 Å². The molecular formula is C25H18ClN3O4S. The minimum Gasteiger partial charge on any atom is -0.422 e. The van der Waals surface area contributed by atoms with Crippen LogP contribution in [-0.2, 0) is 0 Å². The van der Waals surface area contributed by atoms with E-state index in [1.165, 1.54) is 0 Å². The summed E-state index contributed by atoms with van der Waals surface area (Å²) in [6.45, 7) is 5.61. The fourth-order valence-corrected chi connectivity index (χ4v) is 5.24. The summed E-state index contributed by atoms with van der Waals surface area (Å²) in [4.78, 5) is 46.4. The lowest BCUT2D eigenvalue weighted by Gasteiger charge is -2.07. The summed E-state index contributed by atoms with van der Waals surface area (Å²) in [6, 6.07) is 12.2. The predicted molar refractivity (Wildman–Crippen MR) is 135 cm³/mol. The van der Waals surface area contributed by atoms with E-state index in [-0.39, 0.29) is 17.3 Å². The molecule has 34 heavy (non-hydrogen) atoms. The number of anilines is 1. The number of amides is 1. The summed E-state index contributed by atoms with van der Waals surface area (Å²) >= 11 is 7.15. The van der Waals surface area contributed by atoms with Gasteiger partial charge in [0.1, 0.15) is 21.8 Å². The number of carbonyl (C=O) groups is 1. The van der Waals surface area contributed by atoms with Crippen molar-refractivity contribution in [2.45, 2.75) is 20.8 Å². The largest absolute Gasteiger partial charge is 0.422 e. The Kier molecular flexibility index (Phi) is 5.34. The maximum atomic E-state index is 13.0. The number of aromatic amines is 1. The third-order valence-electron chi connectivity index (χ3n) is 5.44.